The van der Waals surface area contributed by atoms with Gasteiger partial charge in [-0.15, -0.1) is 11.8 Å². The molecular formula is C12H14O3S. The van der Waals surface area contributed by atoms with Gasteiger partial charge in [0, 0.05) is 5.75 Å². The summed E-state index contributed by atoms with van der Waals surface area (Å²) in [5, 5.41) is 9.27. The summed E-state index contributed by atoms with van der Waals surface area (Å²) in [5.41, 5.74) is 2.10. The number of benzene rings is 1. The Morgan fingerprint density at radius 2 is 1.94 bits per heavy atom. The van der Waals surface area contributed by atoms with E-state index in [9.17, 15) is 4.79 Å². The largest absolute Gasteiger partial charge is 0.481 e. The molecule has 1 aromatic carbocycles. The predicted octanol–water partition coefficient (Wildman–Crippen LogP) is 1.95. The van der Waals surface area contributed by atoms with Crippen LogP contribution in [0.15, 0.2) is 24.3 Å². The normalized spacial score (nSPS) is 15.8. The summed E-state index contributed by atoms with van der Waals surface area (Å²) < 4.78 is 5.10. The second-order valence-corrected chi connectivity index (χ2v) is 5.15. The average molecular weight is 238 g/mol. The Hall–Kier alpha value is -1.00. The molecule has 0 unspecified atom stereocenters. The van der Waals surface area contributed by atoms with Gasteiger partial charge in [0.2, 0.25) is 0 Å². The van der Waals surface area contributed by atoms with Crippen LogP contribution in [0, 0.1) is 0 Å². The highest BCUT2D eigenvalue weighted by Gasteiger charge is 2.18. The van der Waals surface area contributed by atoms with E-state index in [1.165, 1.54) is 5.56 Å². The monoisotopic (exact) mass is 238 g/mol. The van der Waals surface area contributed by atoms with Crippen molar-refractivity contribution in [3.63, 3.8) is 0 Å². The van der Waals surface area contributed by atoms with Crippen LogP contribution in [0.3, 0.4) is 0 Å². The van der Waals surface area contributed by atoms with Gasteiger partial charge in [-0.05, 0) is 11.1 Å². The van der Waals surface area contributed by atoms with Crippen molar-refractivity contribution < 1.29 is 14.6 Å². The Bertz CT molecular complexity index is 357. The number of carbonyl (C=O) groups is 1. The molecule has 1 saturated heterocycles. The highest BCUT2D eigenvalue weighted by Crippen LogP contribution is 2.23. The predicted molar refractivity (Wildman–Crippen MR) is 63.7 cm³/mol. The van der Waals surface area contributed by atoms with Crippen LogP contribution in [0.25, 0.3) is 0 Å². The van der Waals surface area contributed by atoms with Gasteiger partial charge in [-0.2, -0.15) is 0 Å². The summed E-state index contributed by atoms with van der Waals surface area (Å²) in [6.07, 6.45) is 0.101. The third-order valence-corrected chi connectivity index (χ3v) is 3.72. The first-order chi connectivity index (χ1) is 7.74. The summed E-state index contributed by atoms with van der Waals surface area (Å²) in [6, 6.07) is 7.79. The molecule has 1 aliphatic rings. The lowest BCUT2D eigenvalue weighted by molar-refractivity contribution is -0.136. The molecule has 1 fully saturated rings. The number of hydrogen-bond acceptors (Lipinski definition) is 3. The van der Waals surface area contributed by atoms with Crippen LogP contribution in [0.4, 0.5) is 0 Å². The Kier molecular flexibility index (Phi) is 3.85. The van der Waals surface area contributed by atoms with Crippen molar-refractivity contribution in [3.05, 3.63) is 35.4 Å². The smallest absolute Gasteiger partial charge is 0.307 e. The topological polar surface area (TPSA) is 46.5 Å². The second-order valence-electron chi connectivity index (χ2n) is 3.86. The highest BCUT2D eigenvalue weighted by atomic mass is 32.2. The van der Waals surface area contributed by atoms with Crippen molar-refractivity contribution in [1.29, 1.82) is 0 Å². The van der Waals surface area contributed by atoms with Crippen LogP contribution in [-0.4, -0.2) is 29.5 Å². The van der Waals surface area contributed by atoms with Crippen LogP contribution in [-0.2, 0) is 21.7 Å². The summed E-state index contributed by atoms with van der Waals surface area (Å²) >= 11 is 1.89. The van der Waals surface area contributed by atoms with Crippen LogP contribution in [0.5, 0.6) is 0 Å². The molecule has 1 aromatic rings. The molecule has 2 rings (SSSR count). The van der Waals surface area contributed by atoms with Crippen LogP contribution in [0.1, 0.15) is 11.1 Å². The minimum Gasteiger partial charge on any atom is -0.481 e. The van der Waals surface area contributed by atoms with E-state index in [1.54, 1.807) is 0 Å². The van der Waals surface area contributed by atoms with Gasteiger partial charge in [-0.3, -0.25) is 4.79 Å². The zero-order chi connectivity index (χ0) is 11.4. The van der Waals surface area contributed by atoms with Crippen LogP contribution < -0.4 is 0 Å². The molecule has 0 saturated carbocycles. The van der Waals surface area contributed by atoms with Crippen molar-refractivity contribution in [2.75, 3.05) is 13.2 Å². The van der Waals surface area contributed by atoms with Gasteiger partial charge in [0.15, 0.2) is 0 Å². The first kappa shape index (κ1) is 11.5. The van der Waals surface area contributed by atoms with E-state index in [-0.39, 0.29) is 6.42 Å². The Morgan fingerprint density at radius 3 is 2.44 bits per heavy atom. The molecule has 0 aromatic heterocycles. The van der Waals surface area contributed by atoms with E-state index < -0.39 is 5.97 Å². The van der Waals surface area contributed by atoms with E-state index in [4.69, 9.17) is 9.84 Å². The molecule has 0 bridgehead atoms. The molecule has 1 N–H and O–H groups in total. The Balaban J connectivity index is 1.83. The van der Waals surface area contributed by atoms with Gasteiger partial charge in [0.05, 0.1) is 24.9 Å². The zero-order valence-electron chi connectivity index (χ0n) is 8.89. The fraction of sp³-hybridized carbons (Fsp3) is 0.417. The van der Waals surface area contributed by atoms with E-state index in [2.05, 4.69) is 0 Å². The Morgan fingerprint density at radius 1 is 1.31 bits per heavy atom. The molecule has 0 amide bonds. The molecule has 0 radical (unpaired) electrons. The van der Waals surface area contributed by atoms with Crippen LogP contribution in [0.2, 0.25) is 0 Å². The quantitative estimate of drug-likeness (QED) is 0.851. The van der Waals surface area contributed by atoms with Gasteiger partial charge in [-0.1, -0.05) is 24.3 Å². The van der Waals surface area contributed by atoms with Crippen molar-refractivity contribution in [2.24, 2.45) is 0 Å². The lowest BCUT2D eigenvalue weighted by atomic mass is 10.1. The van der Waals surface area contributed by atoms with Crippen molar-refractivity contribution in [1.82, 2.24) is 0 Å². The number of thioether (sulfide) groups is 1. The van der Waals surface area contributed by atoms with Gasteiger partial charge in [-0.25, -0.2) is 0 Å². The molecule has 86 valence electrons. The molecule has 0 aliphatic carbocycles. The molecule has 0 atom stereocenters. The molecular weight excluding hydrogens is 224 g/mol. The second kappa shape index (κ2) is 5.37. The molecule has 0 spiro atoms. The molecule has 1 heterocycles. The van der Waals surface area contributed by atoms with Gasteiger partial charge in [0.25, 0.3) is 0 Å². The molecule has 4 heteroatoms. The van der Waals surface area contributed by atoms with Crippen molar-refractivity contribution in [2.45, 2.75) is 17.4 Å². The van der Waals surface area contributed by atoms with Gasteiger partial charge >= 0.3 is 5.97 Å². The third kappa shape index (κ3) is 3.25. The molecule has 3 nitrogen and oxygen atoms in total. The van der Waals surface area contributed by atoms with Crippen molar-refractivity contribution in [3.8, 4) is 0 Å². The maximum Gasteiger partial charge on any atom is 0.307 e. The van der Waals surface area contributed by atoms with E-state index in [0.29, 0.717) is 5.25 Å². The summed E-state index contributed by atoms with van der Waals surface area (Å²) in [4.78, 5) is 10.5. The zero-order valence-corrected chi connectivity index (χ0v) is 9.70. The average Bonchev–Trinajstić information content (AvgIpc) is 2.17. The summed E-state index contributed by atoms with van der Waals surface area (Å²) in [7, 11) is 0. The first-order valence-corrected chi connectivity index (χ1v) is 6.28. The summed E-state index contributed by atoms with van der Waals surface area (Å²) in [5.74, 6) is 0.190. The van der Waals surface area contributed by atoms with E-state index >= 15 is 0 Å². The highest BCUT2D eigenvalue weighted by molar-refractivity contribution is 7.99. The number of carboxylic acids is 1. The molecule has 16 heavy (non-hydrogen) atoms. The van der Waals surface area contributed by atoms with Crippen LogP contribution >= 0.6 is 11.8 Å². The van der Waals surface area contributed by atoms with E-state index in [1.807, 2.05) is 36.0 Å². The minimum atomic E-state index is -0.784. The number of rotatable bonds is 5. The molecule has 1 aliphatic heterocycles. The third-order valence-electron chi connectivity index (χ3n) is 2.47. The lowest BCUT2D eigenvalue weighted by Crippen LogP contribution is -2.30. The number of carboxylic acid groups (broad SMARTS) is 1. The maximum atomic E-state index is 10.5. The van der Waals surface area contributed by atoms with E-state index in [0.717, 1.165) is 24.5 Å². The Labute approximate surface area is 98.8 Å². The standard InChI is InChI=1S/C12H14O3S/c13-12(14)5-9-1-3-10(4-2-9)8-16-11-6-15-7-11/h1-4,11H,5-8H2,(H,13,14). The minimum absolute atomic E-state index is 0.101. The number of aliphatic carboxylic acids is 1. The lowest BCUT2D eigenvalue weighted by Gasteiger charge is -2.25. The number of hydrogen-bond donors (Lipinski definition) is 1. The van der Waals surface area contributed by atoms with Gasteiger partial charge in [0.1, 0.15) is 0 Å². The summed E-state index contributed by atoms with van der Waals surface area (Å²) in [6.45, 7) is 1.73. The fourth-order valence-corrected chi connectivity index (χ4v) is 2.46. The fourth-order valence-electron chi connectivity index (χ4n) is 1.45. The first-order valence-electron chi connectivity index (χ1n) is 5.23. The van der Waals surface area contributed by atoms with Gasteiger partial charge < -0.3 is 9.84 Å². The van der Waals surface area contributed by atoms with Crippen molar-refractivity contribution >= 4 is 17.7 Å². The number of ether oxygens (including phenoxy) is 1. The SMILES string of the molecule is O=C(O)Cc1ccc(CSC2COC2)cc1. The maximum absolute atomic E-state index is 10.5.